The van der Waals surface area contributed by atoms with Crippen LogP contribution < -0.4 is 0 Å². The number of carbonyl (C=O) groups is 1. The van der Waals surface area contributed by atoms with Crippen molar-refractivity contribution in [3.8, 4) is 0 Å². The van der Waals surface area contributed by atoms with Crippen molar-refractivity contribution in [2.24, 2.45) is 0 Å². The van der Waals surface area contributed by atoms with Crippen LogP contribution in [0.1, 0.15) is 35.7 Å². The summed E-state index contributed by atoms with van der Waals surface area (Å²) in [6, 6.07) is 2.04. The molecule has 0 radical (unpaired) electrons. The molecule has 0 bridgehead atoms. The van der Waals surface area contributed by atoms with Crippen molar-refractivity contribution >= 4 is 18.8 Å². The highest BCUT2D eigenvalue weighted by Crippen LogP contribution is 2.34. The van der Waals surface area contributed by atoms with E-state index in [9.17, 15) is 4.79 Å². The number of rotatable bonds is 1. The van der Waals surface area contributed by atoms with Crippen LogP contribution in [0.25, 0.3) is 0 Å². The summed E-state index contributed by atoms with van der Waals surface area (Å²) in [5, 5.41) is 0. The van der Waals surface area contributed by atoms with Crippen LogP contribution in [0.3, 0.4) is 0 Å². The zero-order valence-corrected chi connectivity index (χ0v) is 9.88. The number of methoxy groups -OCH3 is 1. The van der Waals surface area contributed by atoms with Crippen molar-refractivity contribution in [3.05, 3.63) is 23.0 Å². The second-order valence-electron chi connectivity index (χ2n) is 3.97. The van der Waals surface area contributed by atoms with Crippen LogP contribution in [0, 0.1) is 6.92 Å². The Bertz CT molecular complexity index is 398. The Labute approximate surface area is 95.0 Å². The van der Waals surface area contributed by atoms with Gasteiger partial charge in [0.25, 0.3) is 0 Å². The SMILES string of the molecule is COC(=O)C1CCCc2c1cc(C)n2S. The largest absolute Gasteiger partial charge is 0.469 e. The van der Waals surface area contributed by atoms with Gasteiger partial charge in [-0.05, 0) is 37.8 Å². The van der Waals surface area contributed by atoms with Crippen molar-refractivity contribution in [2.45, 2.75) is 32.1 Å². The Kier molecular flexibility index (Phi) is 2.78. The van der Waals surface area contributed by atoms with Gasteiger partial charge in [-0.3, -0.25) is 8.77 Å². The van der Waals surface area contributed by atoms with Crippen LogP contribution >= 0.6 is 12.8 Å². The number of carbonyl (C=O) groups excluding carboxylic acids is 1. The van der Waals surface area contributed by atoms with E-state index >= 15 is 0 Å². The van der Waals surface area contributed by atoms with E-state index in [4.69, 9.17) is 4.74 Å². The zero-order valence-electron chi connectivity index (χ0n) is 8.99. The molecular formula is C11H15NO2S. The van der Waals surface area contributed by atoms with Crippen molar-refractivity contribution in [2.75, 3.05) is 7.11 Å². The molecule has 3 nitrogen and oxygen atoms in total. The minimum Gasteiger partial charge on any atom is -0.469 e. The Hall–Kier alpha value is -0.900. The van der Waals surface area contributed by atoms with Gasteiger partial charge in [-0.25, -0.2) is 0 Å². The van der Waals surface area contributed by atoms with Gasteiger partial charge in [0.2, 0.25) is 0 Å². The first-order chi connectivity index (χ1) is 7.15. The fraction of sp³-hybridized carbons (Fsp3) is 0.545. The van der Waals surface area contributed by atoms with Crippen molar-refractivity contribution in [1.82, 2.24) is 3.97 Å². The molecule has 0 aromatic carbocycles. The third-order valence-corrected chi connectivity index (χ3v) is 3.61. The van der Waals surface area contributed by atoms with Crippen molar-refractivity contribution in [3.63, 3.8) is 0 Å². The summed E-state index contributed by atoms with van der Waals surface area (Å²) < 4.78 is 6.70. The Morgan fingerprint density at radius 1 is 1.67 bits per heavy atom. The Balaban J connectivity index is 2.43. The second kappa shape index (κ2) is 3.93. The van der Waals surface area contributed by atoms with Crippen LogP contribution in [0.15, 0.2) is 6.07 Å². The summed E-state index contributed by atoms with van der Waals surface area (Å²) >= 11 is 4.40. The monoisotopic (exact) mass is 225 g/mol. The van der Waals surface area contributed by atoms with Gasteiger partial charge in [0.1, 0.15) is 0 Å². The molecule has 15 heavy (non-hydrogen) atoms. The zero-order chi connectivity index (χ0) is 11.0. The first-order valence-electron chi connectivity index (χ1n) is 5.13. The predicted molar refractivity (Wildman–Crippen MR) is 61.2 cm³/mol. The molecule has 1 atom stereocenters. The van der Waals surface area contributed by atoms with Crippen LogP contribution in [0.2, 0.25) is 0 Å². The number of aromatic nitrogens is 1. The van der Waals surface area contributed by atoms with Crippen LogP contribution in [0.5, 0.6) is 0 Å². The smallest absolute Gasteiger partial charge is 0.313 e. The third-order valence-electron chi connectivity index (χ3n) is 3.05. The first-order valence-corrected chi connectivity index (χ1v) is 5.53. The lowest BCUT2D eigenvalue weighted by atomic mass is 9.87. The van der Waals surface area contributed by atoms with Gasteiger partial charge in [-0.15, -0.1) is 0 Å². The fourth-order valence-electron chi connectivity index (χ4n) is 2.27. The van der Waals surface area contributed by atoms with E-state index in [0.717, 1.165) is 36.2 Å². The van der Waals surface area contributed by atoms with Crippen molar-refractivity contribution in [1.29, 1.82) is 0 Å². The molecule has 0 aliphatic heterocycles. The number of hydrogen-bond donors (Lipinski definition) is 1. The maximum Gasteiger partial charge on any atom is 0.313 e. The third kappa shape index (κ3) is 1.67. The van der Waals surface area contributed by atoms with E-state index in [1.807, 2.05) is 17.0 Å². The van der Waals surface area contributed by atoms with Gasteiger partial charge in [0, 0.05) is 11.4 Å². The fourth-order valence-corrected chi connectivity index (χ4v) is 2.55. The van der Waals surface area contributed by atoms with E-state index in [0.29, 0.717) is 0 Å². The Morgan fingerprint density at radius 2 is 2.40 bits per heavy atom. The second-order valence-corrected chi connectivity index (χ2v) is 4.37. The highest BCUT2D eigenvalue weighted by molar-refractivity contribution is 7.78. The van der Waals surface area contributed by atoms with Gasteiger partial charge in [0.05, 0.1) is 13.0 Å². The first kappa shape index (κ1) is 10.6. The van der Waals surface area contributed by atoms with E-state index in [-0.39, 0.29) is 11.9 Å². The van der Waals surface area contributed by atoms with E-state index in [1.54, 1.807) is 0 Å². The summed E-state index contributed by atoms with van der Waals surface area (Å²) in [6.07, 6.45) is 2.91. The number of fused-ring (bicyclic) bond motifs is 1. The molecule has 1 heterocycles. The topological polar surface area (TPSA) is 31.2 Å². The van der Waals surface area contributed by atoms with Gasteiger partial charge in [-0.2, -0.15) is 0 Å². The number of nitrogens with zero attached hydrogens (tertiary/aromatic N) is 1. The van der Waals surface area contributed by atoms with Gasteiger partial charge < -0.3 is 4.74 Å². The molecule has 1 aromatic heterocycles. The molecule has 1 aliphatic rings. The van der Waals surface area contributed by atoms with Gasteiger partial charge in [-0.1, -0.05) is 12.8 Å². The average molecular weight is 225 g/mol. The molecule has 0 N–H and O–H groups in total. The molecule has 82 valence electrons. The van der Waals surface area contributed by atoms with Crippen LogP contribution in [-0.2, 0) is 16.0 Å². The van der Waals surface area contributed by atoms with E-state index in [2.05, 4.69) is 12.8 Å². The summed E-state index contributed by atoms with van der Waals surface area (Å²) in [7, 11) is 1.45. The quantitative estimate of drug-likeness (QED) is 0.586. The molecule has 0 spiro atoms. The maximum absolute atomic E-state index is 11.6. The number of hydrogen-bond acceptors (Lipinski definition) is 3. The number of esters is 1. The molecule has 0 saturated heterocycles. The molecular weight excluding hydrogens is 210 g/mol. The molecule has 1 aromatic rings. The highest BCUT2D eigenvalue weighted by atomic mass is 32.1. The van der Waals surface area contributed by atoms with E-state index < -0.39 is 0 Å². The molecule has 0 saturated carbocycles. The van der Waals surface area contributed by atoms with Gasteiger partial charge in [0.15, 0.2) is 0 Å². The van der Waals surface area contributed by atoms with Crippen LogP contribution in [0.4, 0.5) is 0 Å². The predicted octanol–water partition coefficient (Wildman–Crippen LogP) is 2.08. The van der Waals surface area contributed by atoms with E-state index in [1.165, 1.54) is 7.11 Å². The highest BCUT2D eigenvalue weighted by Gasteiger charge is 2.29. The normalized spacial score (nSPS) is 19.8. The average Bonchev–Trinajstić information content (AvgIpc) is 2.54. The summed E-state index contributed by atoms with van der Waals surface area (Å²) in [4.78, 5) is 11.6. The summed E-state index contributed by atoms with van der Waals surface area (Å²) in [5.41, 5.74) is 3.34. The molecule has 1 aliphatic carbocycles. The maximum atomic E-state index is 11.6. The Morgan fingerprint density at radius 3 is 3.07 bits per heavy atom. The lowest BCUT2D eigenvalue weighted by molar-refractivity contribution is -0.142. The number of thiol groups is 1. The number of aryl methyl sites for hydroxylation is 1. The lowest BCUT2D eigenvalue weighted by Gasteiger charge is -2.20. The molecule has 2 rings (SSSR count). The molecule has 4 heteroatoms. The summed E-state index contributed by atoms with van der Waals surface area (Å²) in [5.74, 6) is -0.222. The van der Waals surface area contributed by atoms with Crippen LogP contribution in [-0.4, -0.2) is 17.1 Å². The van der Waals surface area contributed by atoms with Crippen molar-refractivity contribution < 1.29 is 9.53 Å². The lowest BCUT2D eigenvalue weighted by Crippen LogP contribution is -2.19. The molecule has 1 unspecified atom stereocenters. The number of ether oxygens (including phenoxy) is 1. The summed E-state index contributed by atoms with van der Waals surface area (Å²) in [6.45, 7) is 2.00. The molecule has 0 fully saturated rings. The minimum absolute atomic E-state index is 0.0918. The molecule has 0 amide bonds. The standard InChI is InChI=1S/C11H15NO2S/c1-7-6-9-8(11(13)14-2)4-3-5-10(9)12(7)15/h6,8,15H,3-5H2,1-2H3. The minimum atomic E-state index is -0.130. The van der Waals surface area contributed by atoms with Gasteiger partial charge >= 0.3 is 5.97 Å².